The van der Waals surface area contributed by atoms with Crippen molar-refractivity contribution in [2.75, 3.05) is 19.7 Å². The molecule has 21 heavy (non-hydrogen) atoms. The predicted octanol–water partition coefficient (Wildman–Crippen LogP) is 0.155. The van der Waals surface area contributed by atoms with Crippen LogP contribution in [0.4, 0.5) is 4.39 Å². The Morgan fingerprint density at radius 1 is 1.24 bits per heavy atom. The maximum absolute atomic E-state index is 13.0. The van der Waals surface area contributed by atoms with Gasteiger partial charge in [-0.1, -0.05) is 0 Å². The molecule has 0 unspecified atom stereocenters. The number of ether oxygens (including phenoxy) is 1. The number of benzene rings is 1. The quantitative estimate of drug-likeness (QED) is 0.622. The van der Waals surface area contributed by atoms with Crippen molar-refractivity contribution in [3.8, 4) is 5.75 Å². The van der Waals surface area contributed by atoms with Crippen molar-refractivity contribution < 1.29 is 28.6 Å². The lowest BCUT2D eigenvalue weighted by atomic mass is 10.2. The first-order chi connectivity index (χ1) is 9.90. The molecule has 0 fully saturated rings. The highest BCUT2D eigenvalue weighted by Gasteiger charge is 2.13. The molecule has 1 aromatic rings. The molecule has 0 atom stereocenters. The first-order valence-electron chi connectivity index (χ1n) is 6.07. The molecule has 0 radical (unpaired) electrons. The van der Waals surface area contributed by atoms with Crippen LogP contribution < -0.4 is 15.4 Å². The highest BCUT2D eigenvalue weighted by Crippen LogP contribution is 2.19. The van der Waals surface area contributed by atoms with Crippen molar-refractivity contribution >= 4 is 17.8 Å². The number of carboxylic acids is 1. The zero-order valence-corrected chi connectivity index (χ0v) is 11.3. The molecule has 0 aliphatic carbocycles. The monoisotopic (exact) mass is 298 g/mol. The number of carbonyl (C=O) groups excluding carboxylic acids is 2. The largest absolute Gasteiger partial charge is 0.483 e. The summed E-state index contributed by atoms with van der Waals surface area (Å²) in [6.45, 7) is 1.37. The molecule has 0 heterocycles. The fraction of sp³-hybridized carbons (Fsp3) is 0.308. The number of carboxylic acid groups (broad SMARTS) is 1. The van der Waals surface area contributed by atoms with Crippen LogP contribution >= 0.6 is 0 Å². The third-order valence-electron chi connectivity index (χ3n) is 2.35. The number of hydrogen-bond acceptors (Lipinski definition) is 4. The molecule has 8 heteroatoms. The van der Waals surface area contributed by atoms with Crippen LogP contribution in [0, 0.1) is 5.82 Å². The molecular weight excluding hydrogens is 283 g/mol. The number of amides is 2. The molecule has 7 nitrogen and oxygen atoms in total. The van der Waals surface area contributed by atoms with Crippen molar-refractivity contribution in [2.45, 2.75) is 6.92 Å². The van der Waals surface area contributed by atoms with Crippen molar-refractivity contribution in [1.82, 2.24) is 10.6 Å². The lowest BCUT2D eigenvalue weighted by Gasteiger charge is -2.10. The second-order valence-electron chi connectivity index (χ2n) is 4.07. The Morgan fingerprint density at radius 3 is 2.52 bits per heavy atom. The van der Waals surface area contributed by atoms with E-state index < -0.39 is 24.3 Å². The van der Waals surface area contributed by atoms with Gasteiger partial charge in [-0.15, -0.1) is 0 Å². The first-order valence-corrected chi connectivity index (χ1v) is 6.07. The molecule has 1 rings (SSSR count). The summed E-state index contributed by atoms with van der Waals surface area (Å²) in [4.78, 5) is 32.9. The average Bonchev–Trinajstić information content (AvgIpc) is 2.40. The minimum atomic E-state index is -1.28. The van der Waals surface area contributed by atoms with Gasteiger partial charge >= 0.3 is 5.97 Å². The van der Waals surface area contributed by atoms with Gasteiger partial charge in [0, 0.05) is 26.1 Å². The lowest BCUT2D eigenvalue weighted by Crippen LogP contribution is -2.36. The standard InChI is InChI=1S/C13H15FN2O5/c1-8(17)15-4-5-16-12(18)7-21-11-6-9(14)2-3-10(11)13(19)20/h2-3,6H,4-5,7H2,1H3,(H,15,17)(H,16,18)(H,19,20). The molecule has 0 saturated heterocycles. The van der Waals surface area contributed by atoms with Crippen LogP contribution in [-0.4, -0.2) is 42.6 Å². The Morgan fingerprint density at radius 2 is 1.90 bits per heavy atom. The maximum atomic E-state index is 13.0. The average molecular weight is 298 g/mol. The van der Waals surface area contributed by atoms with Crippen LogP contribution in [-0.2, 0) is 9.59 Å². The Bertz CT molecular complexity index is 547. The Balaban J connectivity index is 2.47. The number of carbonyl (C=O) groups is 3. The normalized spacial score (nSPS) is 9.81. The molecule has 0 aliphatic heterocycles. The summed E-state index contributed by atoms with van der Waals surface area (Å²) in [6.07, 6.45) is 0. The molecule has 0 saturated carbocycles. The van der Waals surface area contributed by atoms with Crippen LogP contribution in [0.3, 0.4) is 0 Å². The second kappa shape index (κ2) is 7.83. The minimum absolute atomic E-state index is 0.205. The van der Waals surface area contributed by atoms with Gasteiger partial charge in [-0.2, -0.15) is 0 Å². The van der Waals surface area contributed by atoms with Crippen molar-refractivity contribution in [2.24, 2.45) is 0 Å². The summed E-state index contributed by atoms with van der Waals surface area (Å²) in [6, 6.07) is 2.94. The van der Waals surface area contributed by atoms with E-state index in [4.69, 9.17) is 9.84 Å². The van der Waals surface area contributed by atoms with E-state index in [9.17, 15) is 18.8 Å². The first kappa shape index (κ1) is 16.4. The number of rotatable bonds is 7. The van der Waals surface area contributed by atoms with Gasteiger partial charge in [0.25, 0.3) is 5.91 Å². The highest BCUT2D eigenvalue weighted by atomic mass is 19.1. The minimum Gasteiger partial charge on any atom is -0.483 e. The second-order valence-corrected chi connectivity index (χ2v) is 4.07. The van der Waals surface area contributed by atoms with Crippen LogP contribution in [0.5, 0.6) is 5.75 Å². The summed E-state index contributed by atoms with van der Waals surface area (Å²) in [7, 11) is 0. The zero-order chi connectivity index (χ0) is 15.8. The molecule has 114 valence electrons. The number of nitrogens with one attached hydrogen (secondary N) is 2. The van der Waals surface area contributed by atoms with E-state index in [-0.39, 0.29) is 30.3 Å². The summed E-state index contributed by atoms with van der Waals surface area (Å²) in [5.41, 5.74) is -0.234. The summed E-state index contributed by atoms with van der Waals surface area (Å²) >= 11 is 0. The van der Waals surface area contributed by atoms with Crippen LogP contribution in [0.2, 0.25) is 0 Å². The fourth-order valence-corrected chi connectivity index (χ4v) is 1.43. The van der Waals surface area contributed by atoms with Crippen LogP contribution in [0.1, 0.15) is 17.3 Å². The fourth-order valence-electron chi connectivity index (χ4n) is 1.43. The van der Waals surface area contributed by atoms with Gasteiger partial charge < -0.3 is 20.5 Å². The Kier molecular flexibility index (Phi) is 6.12. The summed E-state index contributed by atoms with van der Waals surface area (Å²) < 4.78 is 18.0. The van der Waals surface area contributed by atoms with Gasteiger partial charge in [0.1, 0.15) is 17.1 Å². The van der Waals surface area contributed by atoms with Crippen molar-refractivity contribution in [3.63, 3.8) is 0 Å². The van der Waals surface area contributed by atoms with E-state index in [1.807, 2.05) is 0 Å². The van der Waals surface area contributed by atoms with E-state index in [0.717, 1.165) is 18.2 Å². The molecule has 0 aromatic heterocycles. The summed E-state index contributed by atoms with van der Waals surface area (Å²) in [5.74, 6) is -2.90. The van der Waals surface area contributed by atoms with Crippen LogP contribution in [0.15, 0.2) is 18.2 Å². The predicted molar refractivity (Wildman–Crippen MR) is 70.5 cm³/mol. The smallest absolute Gasteiger partial charge is 0.339 e. The van der Waals surface area contributed by atoms with Gasteiger partial charge in [0.2, 0.25) is 5.91 Å². The van der Waals surface area contributed by atoms with Gasteiger partial charge in [-0.25, -0.2) is 9.18 Å². The lowest BCUT2D eigenvalue weighted by molar-refractivity contribution is -0.123. The third kappa shape index (κ3) is 5.89. The topological polar surface area (TPSA) is 105 Å². The Hall–Kier alpha value is -2.64. The molecule has 3 N–H and O–H groups in total. The molecule has 1 aromatic carbocycles. The van der Waals surface area contributed by atoms with E-state index in [1.54, 1.807) is 0 Å². The molecular formula is C13H15FN2O5. The van der Waals surface area contributed by atoms with E-state index in [1.165, 1.54) is 6.92 Å². The van der Waals surface area contributed by atoms with Gasteiger partial charge in [-0.3, -0.25) is 9.59 Å². The Labute approximate surface area is 120 Å². The molecule has 0 bridgehead atoms. The molecule has 0 spiro atoms. The van der Waals surface area contributed by atoms with E-state index >= 15 is 0 Å². The number of halogens is 1. The van der Waals surface area contributed by atoms with Crippen molar-refractivity contribution in [1.29, 1.82) is 0 Å². The third-order valence-corrected chi connectivity index (χ3v) is 2.35. The van der Waals surface area contributed by atoms with Gasteiger partial charge in [0.15, 0.2) is 6.61 Å². The molecule has 0 aliphatic rings. The van der Waals surface area contributed by atoms with Gasteiger partial charge in [0.05, 0.1) is 0 Å². The SMILES string of the molecule is CC(=O)NCCNC(=O)COc1cc(F)ccc1C(=O)O. The van der Waals surface area contributed by atoms with Crippen molar-refractivity contribution in [3.05, 3.63) is 29.6 Å². The van der Waals surface area contributed by atoms with E-state index in [2.05, 4.69) is 10.6 Å². The van der Waals surface area contributed by atoms with E-state index in [0.29, 0.717) is 0 Å². The molecule has 2 amide bonds. The number of aromatic carboxylic acids is 1. The maximum Gasteiger partial charge on any atom is 0.339 e. The van der Waals surface area contributed by atoms with Crippen LogP contribution in [0.25, 0.3) is 0 Å². The highest BCUT2D eigenvalue weighted by molar-refractivity contribution is 5.91. The zero-order valence-electron chi connectivity index (χ0n) is 11.3. The van der Waals surface area contributed by atoms with Gasteiger partial charge in [-0.05, 0) is 12.1 Å². The number of hydrogen-bond donors (Lipinski definition) is 3. The summed E-state index contributed by atoms with van der Waals surface area (Å²) in [5, 5.41) is 13.8.